The zero-order chi connectivity index (χ0) is 24.6. The second-order valence-corrected chi connectivity index (χ2v) is 9.38. The van der Waals surface area contributed by atoms with E-state index in [1.54, 1.807) is 48.4 Å². The number of anilines is 1. The van der Waals surface area contributed by atoms with Crippen molar-refractivity contribution in [2.24, 2.45) is 0 Å². The van der Waals surface area contributed by atoms with E-state index < -0.39 is 0 Å². The molecule has 8 heteroatoms. The number of nitrogens with zero attached hydrogens (tertiary/aromatic N) is 1. The average Bonchev–Trinajstić information content (AvgIpc) is 3.15. The summed E-state index contributed by atoms with van der Waals surface area (Å²) < 4.78 is 11.3. The van der Waals surface area contributed by atoms with Crippen molar-refractivity contribution in [3.05, 3.63) is 94.9 Å². The van der Waals surface area contributed by atoms with E-state index in [-0.39, 0.29) is 18.4 Å². The molecule has 1 N–H and O–H groups in total. The van der Waals surface area contributed by atoms with E-state index in [1.165, 1.54) is 17.3 Å². The fourth-order valence-corrected chi connectivity index (χ4v) is 4.72. The summed E-state index contributed by atoms with van der Waals surface area (Å²) >= 11 is 6.74. The van der Waals surface area contributed by atoms with Gasteiger partial charge in [-0.3, -0.25) is 14.5 Å². The van der Waals surface area contributed by atoms with Crippen LogP contribution in [0.25, 0.3) is 6.08 Å². The van der Waals surface area contributed by atoms with Crippen molar-refractivity contribution in [3.8, 4) is 11.5 Å². The Kier molecular flexibility index (Phi) is 8.18. The topological polar surface area (TPSA) is 67.9 Å². The zero-order valence-electron chi connectivity index (χ0n) is 19.1. The summed E-state index contributed by atoms with van der Waals surface area (Å²) in [6.07, 6.45) is 2.57. The predicted molar refractivity (Wildman–Crippen MR) is 144 cm³/mol. The highest BCUT2D eigenvalue weighted by Gasteiger charge is 2.31. The molecule has 3 aromatic carbocycles. The van der Waals surface area contributed by atoms with Crippen LogP contribution in [0.5, 0.6) is 11.5 Å². The molecule has 0 aromatic heterocycles. The van der Waals surface area contributed by atoms with E-state index in [1.807, 2.05) is 48.5 Å². The molecule has 1 heterocycles. The molecular weight excluding hydrogens is 480 g/mol. The van der Waals surface area contributed by atoms with Gasteiger partial charge in [0, 0.05) is 12.2 Å². The van der Waals surface area contributed by atoms with Gasteiger partial charge in [0.15, 0.2) is 6.61 Å². The fraction of sp³-hybridized carbons (Fsp3) is 0.148. The highest BCUT2D eigenvalue weighted by atomic mass is 32.2. The molecule has 0 bridgehead atoms. The number of carbonyl (C=O) groups is 2. The first kappa shape index (κ1) is 24.5. The molecule has 0 radical (unpaired) electrons. The molecule has 6 nitrogen and oxygen atoms in total. The number of methoxy groups -OCH3 is 1. The summed E-state index contributed by atoms with van der Waals surface area (Å²) in [5.74, 6) is 0.932. The third kappa shape index (κ3) is 6.71. The van der Waals surface area contributed by atoms with Crippen LogP contribution in [0.15, 0.2) is 83.8 Å². The van der Waals surface area contributed by atoms with Gasteiger partial charge in [-0.1, -0.05) is 66.4 Å². The van der Waals surface area contributed by atoms with Crippen molar-refractivity contribution in [3.63, 3.8) is 0 Å². The van der Waals surface area contributed by atoms with Gasteiger partial charge in [0.2, 0.25) is 0 Å². The highest BCUT2D eigenvalue weighted by Crippen LogP contribution is 2.33. The lowest BCUT2D eigenvalue weighted by Crippen LogP contribution is -2.30. The molecule has 35 heavy (non-hydrogen) atoms. The van der Waals surface area contributed by atoms with Gasteiger partial charge in [0.1, 0.15) is 15.8 Å². The molecule has 3 aromatic rings. The molecule has 2 amide bonds. The van der Waals surface area contributed by atoms with Gasteiger partial charge >= 0.3 is 0 Å². The van der Waals surface area contributed by atoms with Crippen molar-refractivity contribution in [2.45, 2.75) is 6.42 Å². The van der Waals surface area contributed by atoms with Crippen molar-refractivity contribution < 1.29 is 19.1 Å². The number of thioether (sulfide) groups is 1. The average molecular weight is 505 g/mol. The third-order valence-corrected chi connectivity index (χ3v) is 6.64. The number of benzene rings is 3. The lowest BCUT2D eigenvalue weighted by atomic mass is 10.1. The standard InChI is InChI=1S/C27H24N2O4S2/c1-32-22-13-9-21(10-14-22)28-25(30)18-33-23-11-7-20(8-12-23)17-24-26(31)29(27(34)35-24)16-15-19-5-3-2-4-6-19/h2-14,17H,15-16,18H2,1H3,(H,28,30)/b24-17-. The second kappa shape index (κ2) is 11.7. The molecule has 178 valence electrons. The van der Waals surface area contributed by atoms with Crippen LogP contribution in [0.1, 0.15) is 11.1 Å². The summed E-state index contributed by atoms with van der Waals surface area (Å²) in [5, 5.41) is 2.77. The molecule has 4 rings (SSSR count). The number of nitrogens with one attached hydrogen (secondary N) is 1. The van der Waals surface area contributed by atoms with E-state index in [2.05, 4.69) is 5.32 Å². The van der Waals surface area contributed by atoms with E-state index >= 15 is 0 Å². The Morgan fingerprint density at radius 3 is 2.37 bits per heavy atom. The van der Waals surface area contributed by atoms with Gasteiger partial charge in [0.25, 0.3) is 11.8 Å². The Morgan fingerprint density at radius 2 is 1.69 bits per heavy atom. The molecule has 0 aliphatic carbocycles. The number of hydrogen-bond donors (Lipinski definition) is 1. The van der Waals surface area contributed by atoms with Crippen LogP contribution < -0.4 is 14.8 Å². The minimum Gasteiger partial charge on any atom is -0.497 e. The molecule has 1 fully saturated rings. The Bertz CT molecular complexity index is 1230. The maximum Gasteiger partial charge on any atom is 0.266 e. The normalized spacial score (nSPS) is 14.3. The highest BCUT2D eigenvalue weighted by molar-refractivity contribution is 8.26. The first-order valence-electron chi connectivity index (χ1n) is 11.0. The zero-order valence-corrected chi connectivity index (χ0v) is 20.7. The minimum atomic E-state index is -0.265. The quantitative estimate of drug-likeness (QED) is 0.321. The Morgan fingerprint density at radius 1 is 1.00 bits per heavy atom. The molecule has 0 atom stereocenters. The van der Waals surface area contributed by atoms with Crippen LogP contribution >= 0.6 is 24.0 Å². The van der Waals surface area contributed by atoms with E-state index in [4.69, 9.17) is 21.7 Å². The van der Waals surface area contributed by atoms with Crippen LogP contribution in [-0.2, 0) is 16.0 Å². The maximum atomic E-state index is 12.8. The number of ether oxygens (including phenoxy) is 2. The SMILES string of the molecule is COc1ccc(NC(=O)COc2ccc(/C=C3\SC(=S)N(CCc4ccccc4)C3=O)cc2)cc1. The van der Waals surface area contributed by atoms with Gasteiger partial charge < -0.3 is 14.8 Å². The lowest BCUT2D eigenvalue weighted by Gasteiger charge is -2.14. The number of rotatable bonds is 9. The van der Waals surface area contributed by atoms with Crippen molar-refractivity contribution in [2.75, 3.05) is 25.6 Å². The Balaban J connectivity index is 1.29. The number of hydrogen-bond acceptors (Lipinski definition) is 6. The van der Waals surface area contributed by atoms with Crippen LogP contribution in [0.3, 0.4) is 0 Å². The number of amides is 2. The van der Waals surface area contributed by atoms with Crippen LogP contribution in [0, 0.1) is 0 Å². The second-order valence-electron chi connectivity index (χ2n) is 7.70. The van der Waals surface area contributed by atoms with Gasteiger partial charge in [-0.2, -0.15) is 0 Å². The van der Waals surface area contributed by atoms with Gasteiger partial charge in [-0.15, -0.1) is 0 Å². The molecular formula is C27H24N2O4S2. The summed E-state index contributed by atoms with van der Waals surface area (Å²) in [7, 11) is 1.59. The first-order chi connectivity index (χ1) is 17.0. The summed E-state index contributed by atoms with van der Waals surface area (Å²) in [4.78, 5) is 27.2. The van der Waals surface area contributed by atoms with Gasteiger partial charge in [-0.25, -0.2) is 0 Å². The van der Waals surface area contributed by atoms with E-state index in [9.17, 15) is 9.59 Å². The van der Waals surface area contributed by atoms with E-state index in [0.29, 0.717) is 33.0 Å². The van der Waals surface area contributed by atoms with Gasteiger partial charge in [0.05, 0.1) is 12.0 Å². The number of carbonyl (C=O) groups excluding carboxylic acids is 2. The van der Waals surface area contributed by atoms with Crippen LogP contribution in [-0.4, -0.2) is 41.3 Å². The molecule has 1 saturated heterocycles. The van der Waals surface area contributed by atoms with Gasteiger partial charge in [-0.05, 0) is 60.0 Å². The Labute approximate surface area is 213 Å². The predicted octanol–water partition coefficient (Wildman–Crippen LogP) is 5.16. The molecule has 1 aliphatic heterocycles. The van der Waals surface area contributed by atoms with E-state index in [0.717, 1.165) is 12.0 Å². The molecule has 0 unspecified atom stereocenters. The smallest absolute Gasteiger partial charge is 0.266 e. The molecule has 0 saturated carbocycles. The summed E-state index contributed by atoms with van der Waals surface area (Å²) in [6.45, 7) is 0.433. The number of thiocarbonyl (C=S) groups is 1. The molecule has 1 aliphatic rings. The minimum absolute atomic E-state index is 0.0774. The molecule has 0 spiro atoms. The monoisotopic (exact) mass is 504 g/mol. The van der Waals surface area contributed by atoms with Crippen LogP contribution in [0.4, 0.5) is 5.69 Å². The summed E-state index contributed by atoms with van der Waals surface area (Å²) in [5.41, 5.74) is 2.68. The maximum absolute atomic E-state index is 12.8. The third-order valence-electron chi connectivity index (χ3n) is 5.26. The van der Waals surface area contributed by atoms with Crippen molar-refractivity contribution >= 4 is 51.9 Å². The van der Waals surface area contributed by atoms with Crippen molar-refractivity contribution in [1.82, 2.24) is 4.90 Å². The Hall–Kier alpha value is -3.62. The first-order valence-corrected chi connectivity index (χ1v) is 12.2. The van der Waals surface area contributed by atoms with Crippen molar-refractivity contribution in [1.29, 1.82) is 0 Å². The largest absolute Gasteiger partial charge is 0.497 e. The summed E-state index contributed by atoms with van der Waals surface area (Å²) in [6, 6.07) is 24.3. The van der Waals surface area contributed by atoms with Crippen LogP contribution in [0.2, 0.25) is 0 Å². The fourth-order valence-electron chi connectivity index (χ4n) is 3.41. The lowest BCUT2D eigenvalue weighted by molar-refractivity contribution is -0.122.